The molecule has 1 rings (SSSR count). The molecule has 0 aliphatic heterocycles. The van der Waals surface area contributed by atoms with E-state index >= 15 is 0 Å². The summed E-state index contributed by atoms with van der Waals surface area (Å²) < 4.78 is 0. The van der Waals surface area contributed by atoms with Crippen molar-refractivity contribution in [2.45, 2.75) is 19.9 Å². The predicted molar refractivity (Wildman–Crippen MR) is 58.2 cm³/mol. The minimum atomic E-state index is 0.402. The van der Waals surface area contributed by atoms with Gasteiger partial charge in [0.1, 0.15) is 5.15 Å². The summed E-state index contributed by atoms with van der Waals surface area (Å²) in [6, 6.07) is 2.13. The summed E-state index contributed by atoms with van der Waals surface area (Å²) in [6.45, 7) is 4.42. The lowest BCUT2D eigenvalue weighted by atomic mass is 10.3. The molecule has 5 heteroatoms. The SMILES string of the molecule is CCN(CCC#N)Cc1cnc(Cl)cn1. The molecule has 0 aliphatic carbocycles. The van der Waals surface area contributed by atoms with Crippen molar-refractivity contribution < 1.29 is 0 Å². The van der Waals surface area contributed by atoms with Crippen LogP contribution in [0.1, 0.15) is 19.0 Å². The fraction of sp³-hybridized carbons (Fsp3) is 0.500. The number of hydrogen-bond acceptors (Lipinski definition) is 4. The zero-order valence-corrected chi connectivity index (χ0v) is 9.41. The summed E-state index contributed by atoms with van der Waals surface area (Å²) in [5, 5.41) is 8.89. The van der Waals surface area contributed by atoms with E-state index < -0.39 is 0 Å². The fourth-order valence-electron chi connectivity index (χ4n) is 1.21. The maximum Gasteiger partial charge on any atom is 0.147 e. The first-order valence-electron chi connectivity index (χ1n) is 4.82. The van der Waals surface area contributed by atoms with Crippen molar-refractivity contribution in [3.63, 3.8) is 0 Å². The van der Waals surface area contributed by atoms with E-state index in [1.54, 1.807) is 6.20 Å². The molecule has 15 heavy (non-hydrogen) atoms. The van der Waals surface area contributed by atoms with Crippen LogP contribution in [0.2, 0.25) is 5.15 Å². The largest absolute Gasteiger partial charge is 0.297 e. The second-order valence-corrected chi connectivity index (χ2v) is 3.49. The maximum atomic E-state index is 8.49. The van der Waals surface area contributed by atoms with E-state index in [0.29, 0.717) is 18.1 Å². The number of halogens is 1. The Morgan fingerprint density at radius 2 is 2.27 bits per heavy atom. The summed E-state index contributed by atoms with van der Waals surface area (Å²) >= 11 is 5.64. The van der Waals surface area contributed by atoms with E-state index in [1.807, 2.05) is 0 Å². The quantitative estimate of drug-likeness (QED) is 0.766. The van der Waals surface area contributed by atoms with Crippen LogP contribution in [0.5, 0.6) is 0 Å². The minimum Gasteiger partial charge on any atom is -0.297 e. The van der Waals surface area contributed by atoms with E-state index in [1.165, 1.54) is 6.20 Å². The van der Waals surface area contributed by atoms with Gasteiger partial charge in [-0.25, -0.2) is 4.98 Å². The standard InChI is InChI=1S/C10H13ClN4/c1-2-15(5-3-4-12)8-9-6-14-10(11)7-13-9/h6-7H,2-3,5,8H2,1H3. The number of nitriles is 1. The van der Waals surface area contributed by atoms with Crippen molar-refractivity contribution in [3.8, 4) is 6.07 Å². The molecule has 0 saturated carbocycles. The molecule has 0 atom stereocenters. The molecular formula is C10H13ClN4. The van der Waals surface area contributed by atoms with Crippen molar-refractivity contribution in [1.82, 2.24) is 14.9 Å². The maximum absolute atomic E-state index is 8.49. The van der Waals surface area contributed by atoms with Gasteiger partial charge in [0.25, 0.3) is 0 Å². The highest BCUT2D eigenvalue weighted by atomic mass is 35.5. The Kier molecular flexibility index (Phi) is 5.02. The first-order valence-corrected chi connectivity index (χ1v) is 5.19. The van der Waals surface area contributed by atoms with Gasteiger partial charge >= 0.3 is 0 Å². The molecule has 1 aromatic heterocycles. The van der Waals surface area contributed by atoms with Crippen LogP contribution in [0.3, 0.4) is 0 Å². The summed E-state index contributed by atoms with van der Waals surface area (Å²) in [5.41, 5.74) is 0.874. The Labute approximate surface area is 94.5 Å². The predicted octanol–water partition coefficient (Wildman–Crippen LogP) is 1.87. The number of rotatable bonds is 5. The van der Waals surface area contributed by atoms with Gasteiger partial charge in [0.05, 0.1) is 24.2 Å². The Balaban J connectivity index is 2.51. The van der Waals surface area contributed by atoms with Crippen LogP contribution in [0.25, 0.3) is 0 Å². The summed E-state index contributed by atoms with van der Waals surface area (Å²) in [5.74, 6) is 0. The third kappa shape index (κ3) is 4.24. The van der Waals surface area contributed by atoms with Crippen LogP contribution < -0.4 is 0 Å². The van der Waals surface area contributed by atoms with Gasteiger partial charge in [-0.2, -0.15) is 5.26 Å². The first-order chi connectivity index (χ1) is 7.26. The van der Waals surface area contributed by atoms with Crippen molar-refractivity contribution in [1.29, 1.82) is 5.26 Å². The molecular weight excluding hydrogens is 212 g/mol. The molecule has 0 spiro atoms. The monoisotopic (exact) mass is 224 g/mol. The Bertz CT molecular complexity index is 330. The second kappa shape index (κ2) is 6.33. The highest BCUT2D eigenvalue weighted by Gasteiger charge is 2.04. The lowest BCUT2D eigenvalue weighted by molar-refractivity contribution is 0.283. The van der Waals surface area contributed by atoms with Crippen LogP contribution in [0.15, 0.2) is 12.4 Å². The van der Waals surface area contributed by atoms with E-state index in [2.05, 4.69) is 27.9 Å². The molecule has 0 fully saturated rings. The molecule has 0 aliphatic rings. The number of nitrogens with zero attached hydrogens (tertiary/aromatic N) is 4. The number of aromatic nitrogens is 2. The highest BCUT2D eigenvalue weighted by Crippen LogP contribution is 2.04. The van der Waals surface area contributed by atoms with E-state index in [0.717, 1.165) is 18.8 Å². The molecule has 1 aromatic rings. The Hall–Kier alpha value is -1.18. The topological polar surface area (TPSA) is 52.8 Å². The molecule has 0 radical (unpaired) electrons. The van der Waals surface area contributed by atoms with Crippen LogP contribution in [-0.4, -0.2) is 28.0 Å². The smallest absolute Gasteiger partial charge is 0.147 e. The van der Waals surface area contributed by atoms with Crippen LogP contribution in [0, 0.1) is 11.3 Å². The highest BCUT2D eigenvalue weighted by molar-refractivity contribution is 6.29. The van der Waals surface area contributed by atoms with Gasteiger partial charge in [-0.05, 0) is 6.54 Å². The Morgan fingerprint density at radius 3 is 2.80 bits per heavy atom. The molecule has 4 nitrogen and oxygen atoms in total. The van der Waals surface area contributed by atoms with Gasteiger partial charge in [0.2, 0.25) is 0 Å². The summed E-state index contributed by atoms with van der Waals surface area (Å²) in [6.07, 6.45) is 3.74. The van der Waals surface area contributed by atoms with Crippen molar-refractivity contribution in [3.05, 3.63) is 23.2 Å². The fourth-order valence-corrected chi connectivity index (χ4v) is 1.30. The third-order valence-electron chi connectivity index (χ3n) is 2.05. The zero-order valence-electron chi connectivity index (χ0n) is 8.65. The molecule has 0 amide bonds. The summed E-state index contributed by atoms with van der Waals surface area (Å²) in [7, 11) is 0. The molecule has 1 heterocycles. The average Bonchev–Trinajstić information content (AvgIpc) is 2.27. The van der Waals surface area contributed by atoms with E-state index in [-0.39, 0.29) is 0 Å². The molecule has 0 bridgehead atoms. The van der Waals surface area contributed by atoms with Gasteiger partial charge in [-0.1, -0.05) is 18.5 Å². The van der Waals surface area contributed by atoms with Crippen molar-refractivity contribution in [2.75, 3.05) is 13.1 Å². The van der Waals surface area contributed by atoms with Crippen molar-refractivity contribution >= 4 is 11.6 Å². The molecule has 0 saturated heterocycles. The van der Waals surface area contributed by atoms with Gasteiger partial charge in [-0.15, -0.1) is 0 Å². The van der Waals surface area contributed by atoms with Gasteiger partial charge in [0.15, 0.2) is 0 Å². The third-order valence-corrected chi connectivity index (χ3v) is 2.24. The lowest BCUT2D eigenvalue weighted by Crippen LogP contribution is -2.24. The summed E-state index contributed by atoms with van der Waals surface area (Å²) in [4.78, 5) is 10.3. The van der Waals surface area contributed by atoms with Gasteiger partial charge < -0.3 is 0 Å². The van der Waals surface area contributed by atoms with Crippen LogP contribution >= 0.6 is 11.6 Å². The van der Waals surface area contributed by atoms with E-state index in [4.69, 9.17) is 16.9 Å². The average molecular weight is 225 g/mol. The second-order valence-electron chi connectivity index (χ2n) is 3.11. The van der Waals surface area contributed by atoms with E-state index in [9.17, 15) is 0 Å². The van der Waals surface area contributed by atoms with Gasteiger partial charge in [-0.3, -0.25) is 9.88 Å². The molecule has 80 valence electrons. The first kappa shape index (κ1) is 11.9. The normalized spacial score (nSPS) is 10.3. The molecule has 0 unspecified atom stereocenters. The molecule has 0 aromatic carbocycles. The lowest BCUT2D eigenvalue weighted by Gasteiger charge is -2.17. The van der Waals surface area contributed by atoms with Crippen molar-refractivity contribution in [2.24, 2.45) is 0 Å². The van der Waals surface area contributed by atoms with Crippen LogP contribution in [0.4, 0.5) is 0 Å². The Morgan fingerprint density at radius 1 is 1.47 bits per heavy atom. The minimum absolute atomic E-state index is 0.402. The zero-order chi connectivity index (χ0) is 11.1. The number of hydrogen-bond donors (Lipinski definition) is 0. The van der Waals surface area contributed by atoms with Crippen LogP contribution in [-0.2, 0) is 6.54 Å². The molecule has 0 N–H and O–H groups in total. The van der Waals surface area contributed by atoms with Gasteiger partial charge in [0, 0.05) is 19.5 Å².